The maximum atomic E-state index is 14.0. The van der Waals surface area contributed by atoms with Gasteiger partial charge in [-0.3, -0.25) is 0 Å². The van der Waals surface area contributed by atoms with Crippen LogP contribution in [0.2, 0.25) is 0 Å². The third-order valence-corrected chi connectivity index (χ3v) is 4.25. The summed E-state index contributed by atoms with van der Waals surface area (Å²) in [6, 6.07) is 6.68. The molecule has 4 rings (SSSR count). The van der Waals surface area contributed by atoms with E-state index in [-0.39, 0.29) is 34.9 Å². The number of cyclic esters (lactones) is 1. The lowest BCUT2D eigenvalue weighted by Gasteiger charge is -2.11. The number of nitrogens with zero attached hydrogens (tertiary/aromatic N) is 2. The van der Waals surface area contributed by atoms with Gasteiger partial charge in [-0.25, -0.2) is 13.6 Å². The molecule has 3 heterocycles. The van der Waals surface area contributed by atoms with Gasteiger partial charge in [0.2, 0.25) is 0 Å². The number of hydrogen-bond donors (Lipinski definition) is 0. The summed E-state index contributed by atoms with van der Waals surface area (Å²) in [7, 11) is 1.39. The van der Waals surface area contributed by atoms with Crippen LogP contribution in [-0.4, -0.2) is 23.0 Å². The predicted octanol–water partition coefficient (Wildman–Crippen LogP) is 3.79. The molecule has 1 atom stereocenters. The Balaban J connectivity index is 1.79. The molecular weight excluding hydrogens is 358 g/mol. The van der Waals surface area contributed by atoms with E-state index in [1.54, 1.807) is 19.1 Å². The highest BCUT2D eigenvalue weighted by Crippen LogP contribution is 2.38. The Morgan fingerprint density at radius 2 is 2.00 bits per heavy atom. The molecule has 0 saturated carbocycles. The van der Waals surface area contributed by atoms with Crippen LogP contribution >= 0.6 is 0 Å². The second-order valence-corrected chi connectivity index (χ2v) is 6.06. The summed E-state index contributed by atoms with van der Waals surface area (Å²) < 4.78 is 43.2. The second kappa shape index (κ2) is 6.46. The van der Waals surface area contributed by atoms with Crippen molar-refractivity contribution in [2.24, 2.45) is 0 Å². The summed E-state index contributed by atoms with van der Waals surface area (Å²) in [6.45, 7) is 1.76. The average Bonchev–Trinajstić information content (AvgIpc) is 3.20. The summed E-state index contributed by atoms with van der Waals surface area (Å²) in [5.41, 5.74) is 0.879. The van der Waals surface area contributed by atoms with Crippen molar-refractivity contribution < 1.29 is 27.5 Å². The summed E-state index contributed by atoms with van der Waals surface area (Å²) in [5.74, 6) is -1.02. The van der Waals surface area contributed by atoms with Gasteiger partial charge in [-0.15, -0.1) is 0 Å². The number of halogens is 2. The van der Waals surface area contributed by atoms with Crippen molar-refractivity contribution in [2.45, 2.75) is 19.4 Å². The lowest BCUT2D eigenvalue weighted by Crippen LogP contribution is -2.07. The normalized spacial score (nSPS) is 15.6. The molecule has 27 heavy (non-hydrogen) atoms. The Labute approximate surface area is 152 Å². The van der Waals surface area contributed by atoms with E-state index in [9.17, 15) is 13.6 Å². The molecule has 0 saturated heterocycles. The van der Waals surface area contributed by atoms with Crippen LogP contribution in [0.15, 0.2) is 34.7 Å². The summed E-state index contributed by atoms with van der Waals surface area (Å²) in [6.07, 6.45) is -0.846. The number of aryl methyl sites for hydroxylation is 1. The third kappa shape index (κ3) is 3.03. The Morgan fingerprint density at radius 1 is 1.19 bits per heavy atom. The van der Waals surface area contributed by atoms with E-state index in [0.717, 1.165) is 12.1 Å². The molecule has 8 heteroatoms. The number of rotatable bonds is 4. The van der Waals surface area contributed by atoms with Crippen molar-refractivity contribution in [1.29, 1.82) is 0 Å². The van der Waals surface area contributed by atoms with E-state index in [1.807, 2.05) is 0 Å². The van der Waals surface area contributed by atoms with Crippen LogP contribution in [-0.2, 0) is 11.2 Å². The maximum absolute atomic E-state index is 14.0. The minimum Gasteiger partial charge on any atom is -0.467 e. The van der Waals surface area contributed by atoms with E-state index >= 15 is 0 Å². The molecule has 1 aliphatic heterocycles. The first kappa shape index (κ1) is 17.1. The molecule has 1 aliphatic rings. The molecule has 0 bridgehead atoms. The molecule has 0 spiro atoms. The lowest BCUT2D eigenvalue weighted by molar-refractivity contribution is 0.0380. The van der Waals surface area contributed by atoms with Crippen molar-refractivity contribution >= 4 is 5.97 Å². The molecule has 0 N–H and O–H groups in total. The van der Waals surface area contributed by atoms with Crippen molar-refractivity contribution in [1.82, 2.24) is 9.97 Å². The predicted molar refractivity (Wildman–Crippen MR) is 89.2 cm³/mol. The van der Waals surface area contributed by atoms with Gasteiger partial charge in [0.05, 0.1) is 7.11 Å². The zero-order valence-corrected chi connectivity index (χ0v) is 14.5. The number of methoxy groups -OCH3 is 1. The van der Waals surface area contributed by atoms with Crippen LogP contribution in [0.1, 0.15) is 33.5 Å². The van der Waals surface area contributed by atoms with E-state index in [4.69, 9.17) is 13.9 Å². The number of esters is 1. The first-order valence-electron chi connectivity index (χ1n) is 8.14. The number of fused-ring (bicyclic) bond motifs is 1. The van der Waals surface area contributed by atoms with Crippen LogP contribution in [0.3, 0.4) is 0 Å². The highest BCUT2D eigenvalue weighted by Gasteiger charge is 2.38. The first-order valence-corrected chi connectivity index (χ1v) is 8.14. The molecule has 1 aromatic carbocycles. The third-order valence-electron chi connectivity index (χ3n) is 4.25. The Bertz CT molecular complexity index is 1050. The number of carbonyl (C=O) groups excluding carboxylic acids is 1. The zero-order chi connectivity index (χ0) is 19.1. The first-order chi connectivity index (χ1) is 13.0. The van der Waals surface area contributed by atoms with Crippen LogP contribution < -0.4 is 4.74 Å². The van der Waals surface area contributed by atoms with Crippen LogP contribution in [0.5, 0.6) is 6.01 Å². The molecular formula is C19H14F2N2O4. The maximum Gasteiger partial charge on any atom is 0.343 e. The van der Waals surface area contributed by atoms with E-state index < -0.39 is 23.7 Å². The molecule has 6 nitrogen and oxygen atoms in total. The Kier molecular flexibility index (Phi) is 4.10. The van der Waals surface area contributed by atoms with Gasteiger partial charge in [-0.2, -0.15) is 9.97 Å². The molecule has 0 aliphatic carbocycles. The number of carbonyl (C=O) groups is 1. The Morgan fingerprint density at radius 3 is 2.67 bits per heavy atom. The van der Waals surface area contributed by atoms with Crippen molar-refractivity contribution in [3.8, 4) is 17.5 Å². The largest absolute Gasteiger partial charge is 0.467 e. The van der Waals surface area contributed by atoms with Gasteiger partial charge in [-0.1, -0.05) is 6.07 Å². The van der Waals surface area contributed by atoms with Gasteiger partial charge >= 0.3 is 12.0 Å². The summed E-state index contributed by atoms with van der Waals surface area (Å²) >= 11 is 0. The molecule has 1 unspecified atom stereocenters. The fourth-order valence-electron chi connectivity index (χ4n) is 2.99. The van der Waals surface area contributed by atoms with Gasteiger partial charge in [0, 0.05) is 12.5 Å². The number of aromatic nitrogens is 2. The average molecular weight is 372 g/mol. The quantitative estimate of drug-likeness (QED) is 0.649. The van der Waals surface area contributed by atoms with E-state index in [2.05, 4.69) is 9.97 Å². The lowest BCUT2D eigenvalue weighted by atomic mass is 10.0. The SMILES string of the molecule is COc1nc(-c2ccc(C)o2)c2c(n1)C(Cc1ccc(F)cc1F)OC2=O. The fourth-order valence-corrected chi connectivity index (χ4v) is 2.99. The van der Waals surface area contributed by atoms with E-state index in [0.29, 0.717) is 11.5 Å². The van der Waals surface area contributed by atoms with Crippen LogP contribution in [0, 0.1) is 18.6 Å². The summed E-state index contributed by atoms with van der Waals surface area (Å²) in [4.78, 5) is 20.9. The highest BCUT2D eigenvalue weighted by atomic mass is 19.1. The molecule has 0 radical (unpaired) electrons. The van der Waals surface area contributed by atoms with Gasteiger partial charge < -0.3 is 13.9 Å². The number of furan rings is 1. The smallest absolute Gasteiger partial charge is 0.343 e. The van der Waals surface area contributed by atoms with Gasteiger partial charge in [-0.05, 0) is 30.7 Å². The van der Waals surface area contributed by atoms with Crippen LogP contribution in [0.25, 0.3) is 11.5 Å². The number of benzene rings is 1. The minimum atomic E-state index is -0.848. The van der Waals surface area contributed by atoms with Gasteiger partial charge in [0.15, 0.2) is 5.76 Å². The van der Waals surface area contributed by atoms with Crippen molar-refractivity contribution in [3.05, 3.63) is 64.5 Å². The topological polar surface area (TPSA) is 74.5 Å². The highest BCUT2D eigenvalue weighted by molar-refractivity contribution is 5.99. The molecule has 0 fully saturated rings. The standard InChI is InChI=1S/C19H14F2N2O4/c1-9-3-6-13(26-9)16-15-17(23-19(22-16)25-2)14(27-18(15)24)7-10-4-5-11(20)8-12(10)21/h3-6,8,14H,7H2,1-2H3. The minimum absolute atomic E-state index is 0.00163. The molecule has 138 valence electrons. The Hall–Kier alpha value is -3.29. The number of hydrogen-bond acceptors (Lipinski definition) is 6. The second-order valence-electron chi connectivity index (χ2n) is 6.06. The van der Waals surface area contributed by atoms with Gasteiger partial charge in [0.25, 0.3) is 0 Å². The molecule has 3 aromatic rings. The van der Waals surface area contributed by atoms with Crippen molar-refractivity contribution in [2.75, 3.05) is 7.11 Å². The van der Waals surface area contributed by atoms with E-state index in [1.165, 1.54) is 13.2 Å². The molecule has 2 aromatic heterocycles. The van der Waals surface area contributed by atoms with Crippen LogP contribution in [0.4, 0.5) is 8.78 Å². The fraction of sp³-hybridized carbons (Fsp3) is 0.211. The number of ether oxygens (including phenoxy) is 2. The zero-order valence-electron chi connectivity index (χ0n) is 14.5. The monoisotopic (exact) mass is 372 g/mol. The molecule has 0 amide bonds. The van der Waals surface area contributed by atoms with Crippen molar-refractivity contribution in [3.63, 3.8) is 0 Å². The summed E-state index contributed by atoms with van der Waals surface area (Å²) in [5, 5.41) is 0. The van der Waals surface area contributed by atoms with Gasteiger partial charge in [0.1, 0.15) is 40.4 Å².